The Morgan fingerprint density at radius 1 is 1.06 bits per heavy atom. The first kappa shape index (κ1) is 22.3. The zero-order valence-electron chi connectivity index (χ0n) is 17.4. The molecule has 6 nitrogen and oxygen atoms in total. The quantitative estimate of drug-likeness (QED) is 0.602. The second-order valence-corrected chi connectivity index (χ2v) is 8.90. The van der Waals surface area contributed by atoms with Crippen LogP contribution in [0.2, 0.25) is 0 Å². The third-order valence-electron chi connectivity index (χ3n) is 4.90. The number of hydrogen-bond acceptors (Lipinski definition) is 4. The molecule has 8 heteroatoms. The smallest absolute Gasteiger partial charge is 0.264 e. The molecule has 0 bridgehead atoms. The van der Waals surface area contributed by atoms with Crippen molar-refractivity contribution < 1.29 is 22.3 Å². The van der Waals surface area contributed by atoms with Gasteiger partial charge in [0.05, 0.1) is 17.7 Å². The highest BCUT2D eigenvalue weighted by atomic mass is 32.2. The minimum Gasteiger partial charge on any atom is -0.495 e. The Morgan fingerprint density at radius 2 is 1.74 bits per heavy atom. The van der Waals surface area contributed by atoms with Crippen LogP contribution in [0.4, 0.5) is 10.1 Å². The van der Waals surface area contributed by atoms with Crippen molar-refractivity contribution in [3.63, 3.8) is 0 Å². The molecule has 0 unspecified atom stereocenters. The highest BCUT2D eigenvalue weighted by Gasteiger charge is 2.25. The summed E-state index contributed by atoms with van der Waals surface area (Å²) in [6, 6.07) is 17.0. The molecule has 3 aromatic rings. The summed E-state index contributed by atoms with van der Waals surface area (Å²) in [4.78, 5) is 12.7. The average Bonchev–Trinajstić information content (AvgIpc) is 2.78. The number of ether oxygens (including phenoxy) is 1. The van der Waals surface area contributed by atoms with Crippen LogP contribution in [0.1, 0.15) is 21.5 Å². The number of hydrogen-bond donors (Lipinski definition) is 1. The number of carbonyl (C=O) groups excluding carboxylic acids is 1. The fourth-order valence-electron chi connectivity index (χ4n) is 3.06. The van der Waals surface area contributed by atoms with Gasteiger partial charge in [-0.3, -0.25) is 9.10 Å². The first-order valence-corrected chi connectivity index (χ1v) is 10.9. The minimum absolute atomic E-state index is 0.0153. The lowest BCUT2D eigenvalue weighted by molar-refractivity contribution is 0.0950. The lowest BCUT2D eigenvalue weighted by Crippen LogP contribution is -2.28. The van der Waals surface area contributed by atoms with Gasteiger partial charge in [-0.2, -0.15) is 0 Å². The Hall–Kier alpha value is -3.39. The summed E-state index contributed by atoms with van der Waals surface area (Å²) in [6.07, 6.45) is 0. The maximum Gasteiger partial charge on any atom is 0.264 e. The summed E-state index contributed by atoms with van der Waals surface area (Å²) in [5, 5.41) is 2.74. The van der Waals surface area contributed by atoms with Gasteiger partial charge < -0.3 is 10.1 Å². The normalized spacial score (nSPS) is 11.1. The van der Waals surface area contributed by atoms with Gasteiger partial charge in [-0.1, -0.05) is 30.3 Å². The summed E-state index contributed by atoms with van der Waals surface area (Å²) in [5.41, 5.74) is 1.99. The van der Waals surface area contributed by atoms with Crippen LogP contribution in [-0.2, 0) is 16.6 Å². The number of anilines is 1. The molecule has 0 saturated heterocycles. The number of halogens is 1. The van der Waals surface area contributed by atoms with Crippen molar-refractivity contribution in [2.24, 2.45) is 0 Å². The lowest BCUT2D eigenvalue weighted by atomic mass is 10.1. The number of aryl methyl sites for hydroxylation is 1. The van der Waals surface area contributed by atoms with Gasteiger partial charge in [0.2, 0.25) is 0 Å². The molecule has 0 spiro atoms. The molecule has 0 aromatic heterocycles. The number of para-hydroxylation sites is 2. The predicted octanol–water partition coefficient (Wildman–Crippen LogP) is 3.90. The maximum atomic E-state index is 13.2. The van der Waals surface area contributed by atoms with Gasteiger partial charge in [0, 0.05) is 19.2 Å². The second kappa shape index (κ2) is 9.18. The molecule has 162 valence electrons. The number of nitrogens with one attached hydrogen (secondary N) is 1. The summed E-state index contributed by atoms with van der Waals surface area (Å²) < 4.78 is 45.8. The maximum absolute atomic E-state index is 13.2. The van der Waals surface area contributed by atoms with Gasteiger partial charge >= 0.3 is 0 Å². The first-order chi connectivity index (χ1) is 14.7. The van der Waals surface area contributed by atoms with Crippen molar-refractivity contribution in [2.75, 3.05) is 18.5 Å². The molecule has 0 fully saturated rings. The Morgan fingerprint density at radius 3 is 2.42 bits per heavy atom. The fourth-order valence-corrected chi connectivity index (χ4v) is 4.30. The molecule has 0 heterocycles. The topological polar surface area (TPSA) is 75.7 Å². The van der Waals surface area contributed by atoms with E-state index in [4.69, 9.17) is 4.74 Å². The van der Waals surface area contributed by atoms with E-state index in [0.29, 0.717) is 17.0 Å². The summed E-state index contributed by atoms with van der Waals surface area (Å²) in [7, 11) is -1.04. The molecule has 0 aliphatic rings. The van der Waals surface area contributed by atoms with Crippen LogP contribution in [0.25, 0.3) is 0 Å². The Bertz CT molecular complexity index is 1190. The van der Waals surface area contributed by atoms with Crippen LogP contribution < -0.4 is 14.4 Å². The molecule has 1 amide bonds. The van der Waals surface area contributed by atoms with Gasteiger partial charge in [-0.05, 0) is 54.4 Å². The van der Waals surface area contributed by atoms with E-state index < -0.39 is 15.9 Å². The van der Waals surface area contributed by atoms with Gasteiger partial charge in [0.1, 0.15) is 11.6 Å². The summed E-state index contributed by atoms with van der Waals surface area (Å²) in [6.45, 7) is 1.92. The molecule has 3 rings (SSSR count). The molecular formula is C23H23FN2O4S. The monoisotopic (exact) mass is 442 g/mol. The Balaban J connectivity index is 1.86. The molecule has 0 aliphatic carbocycles. The molecule has 0 saturated carbocycles. The van der Waals surface area contributed by atoms with Crippen LogP contribution in [0, 0.1) is 12.7 Å². The Labute approximate surface area is 181 Å². The van der Waals surface area contributed by atoms with Crippen molar-refractivity contribution in [3.05, 3.63) is 89.2 Å². The standard InChI is InChI=1S/C23H23FN2O4S/c1-16-8-13-19(31(28,29)26(2)21-6-4-5-7-22(21)30-3)14-20(16)23(27)25-15-17-9-11-18(24)12-10-17/h4-14H,15H2,1-3H3,(H,25,27). The number of benzene rings is 3. The van der Waals surface area contributed by atoms with E-state index in [-0.39, 0.29) is 22.8 Å². The molecule has 31 heavy (non-hydrogen) atoms. The third-order valence-corrected chi connectivity index (χ3v) is 6.67. The number of sulfonamides is 1. The molecule has 3 aromatic carbocycles. The summed E-state index contributed by atoms with van der Waals surface area (Å²) in [5.74, 6) is -0.361. The van der Waals surface area contributed by atoms with Crippen molar-refractivity contribution in [1.82, 2.24) is 5.32 Å². The van der Waals surface area contributed by atoms with Crippen LogP contribution >= 0.6 is 0 Å². The number of carbonyl (C=O) groups is 1. The van der Waals surface area contributed by atoms with Gasteiger partial charge in [-0.25, -0.2) is 12.8 Å². The van der Waals surface area contributed by atoms with Crippen LogP contribution in [-0.4, -0.2) is 28.5 Å². The van der Waals surface area contributed by atoms with Gasteiger partial charge in [0.25, 0.3) is 15.9 Å². The van der Waals surface area contributed by atoms with Crippen LogP contribution in [0.15, 0.2) is 71.6 Å². The van der Waals surface area contributed by atoms with Crippen molar-refractivity contribution in [3.8, 4) is 5.75 Å². The SMILES string of the molecule is COc1ccccc1N(C)S(=O)(=O)c1ccc(C)c(C(=O)NCc2ccc(F)cc2)c1. The number of methoxy groups -OCH3 is 1. The average molecular weight is 443 g/mol. The molecule has 1 N–H and O–H groups in total. The first-order valence-electron chi connectivity index (χ1n) is 9.49. The Kier molecular flexibility index (Phi) is 6.60. The highest BCUT2D eigenvalue weighted by molar-refractivity contribution is 7.92. The van der Waals surface area contributed by atoms with E-state index in [1.807, 2.05) is 0 Å². The number of amides is 1. The zero-order valence-corrected chi connectivity index (χ0v) is 18.2. The van der Waals surface area contributed by atoms with E-state index in [2.05, 4.69) is 5.32 Å². The van der Waals surface area contributed by atoms with Crippen LogP contribution in [0.5, 0.6) is 5.75 Å². The molecular weight excluding hydrogens is 419 g/mol. The lowest BCUT2D eigenvalue weighted by Gasteiger charge is -2.22. The van der Waals surface area contributed by atoms with E-state index >= 15 is 0 Å². The van der Waals surface area contributed by atoms with Crippen LogP contribution in [0.3, 0.4) is 0 Å². The second-order valence-electron chi connectivity index (χ2n) is 6.93. The largest absolute Gasteiger partial charge is 0.495 e. The minimum atomic E-state index is -3.94. The van der Waals surface area contributed by atoms with E-state index in [1.54, 1.807) is 49.4 Å². The predicted molar refractivity (Wildman–Crippen MR) is 117 cm³/mol. The third kappa shape index (κ3) is 4.86. The molecule has 0 atom stereocenters. The zero-order chi connectivity index (χ0) is 22.6. The highest BCUT2D eigenvalue weighted by Crippen LogP contribution is 2.31. The molecule has 0 aliphatic heterocycles. The van der Waals surface area contributed by atoms with E-state index in [0.717, 1.165) is 9.87 Å². The number of rotatable bonds is 7. The molecule has 0 radical (unpaired) electrons. The van der Waals surface area contributed by atoms with Gasteiger partial charge in [0.15, 0.2) is 0 Å². The fraction of sp³-hybridized carbons (Fsp3) is 0.174. The van der Waals surface area contributed by atoms with E-state index in [1.165, 1.54) is 38.4 Å². The van der Waals surface area contributed by atoms with Crippen molar-refractivity contribution in [2.45, 2.75) is 18.4 Å². The van der Waals surface area contributed by atoms with Gasteiger partial charge in [-0.15, -0.1) is 0 Å². The van der Waals surface area contributed by atoms with Crippen molar-refractivity contribution >= 4 is 21.6 Å². The van der Waals surface area contributed by atoms with Crippen molar-refractivity contribution in [1.29, 1.82) is 0 Å². The number of nitrogens with zero attached hydrogens (tertiary/aromatic N) is 1. The summed E-state index contributed by atoms with van der Waals surface area (Å²) >= 11 is 0. The van der Waals surface area contributed by atoms with E-state index in [9.17, 15) is 17.6 Å².